The van der Waals surface area contributed by atoms with Crippen molar-refractivity contribution in [1.29, 1.82) is 0 Å². The Bertz CT molecular complexity index is 664. The van der Waals surface area contributed by atoms with E-state index in [1.54, 1.807) is 31.1 Å². The summed E-state index contributed by atoms with van der Waals surface area (Å²) >= 11 is 5.97. The summed E-state index contributed by atoms with van der Waals surface area (Å²) in [4.78, 5) is 18.5. The first-order valence-corrected chi connectivity index (χ1v) is 7.73. The molecule has 23 heavy (non-hydrogen) atoms. The zero-order valence-corrected chi connectivity index (χ0v) is 13.9. The van der Waals surface area contributed by atoms with Crippen LogP contribution in [0.5, 0.6) is 0 Å². The fraction of sp³-hybridized carbons (Fsp3) is 0.294. The lowest BCUT2D eigenvalue weighted by molar-refractivity contribution is 0.0705. The first-order chi connectivity index (χ1) is 11.1. The molecule has 0 aliphatic carbocycles. The summed E-state index contributed by atoms with van der Waals surface area (Å²) in [5.41, 5.74) is 1.43. The standard InChI is InChI=1S/C17H20ClN3O2/c1-19-16-11-13(10-15(18)20-16)17(23)21(2)14(8-9-22)12-6-4-3-5-7-12/h3-7,10-11,14,22H,8-9H2,1-2H3,(H,19,20). The minimum atomic E-state index is -0.210. The number of amides is 1. The van der Waals surface area contributed by atoms with Crippen LogP contribution in [0.1, 0.15) is 28.4 Å². The van der Waals surface area contributed by atoms with Gasteiger partial charge in [-0.15, -0.1) is 0 Å². The van der Waals surface area contributed by atoms with Gasteiger partial charge in [0, 0.05) is 26.3 Å². The quantitative estimate of drug-likeness (QED) is 0.798. The van der Waals surface area contributed by atoms with Crippen LogP contribution in [0, 0.1) is 0 Å². The van der Waals surface area contributed by atoms with Gasteiger partial charge in [0.1, 0.15) is 11.0 Å². The molecule has 1 amide bonds. The van der Waals surface area contributed by atoms with Crippen molar-refractivity contribution in [2.75, 3.05) is 26.0 Å². The van der Waals surface area contributed by atoms with Crippen molar-refractivity contribution in [3.05, 3.63) is 58.7 Å². The molecule has 0 radical (unpaired) electrons. The molecule has 2 rings (SSSR count). The van der Waals surface area contributed by atoms with Crippen molar-refractivity contribution < 1.29 is 9.90 Å². The van der Waals surface area contributed by atoms with Gasteiger partial charge in [0.15, 0.2) is 0 Å². The van der Waals surface area contributed by atoms with Crippen LogP contribution in [0.25, 0.3) is 0 Å². The van der Waals surface area contributed by atoms with Gasteiger partial charge in [-0.2, -0.15) is 0 Å². The third-order valence-electron chi connectivity index (χ3n) is 3.67. The van der Waals surface area contributed by atoms with Crippen LogP contribution in [-0.2, 0) is 0 Å². The van der Waals surface area contributed by atoms with Gasteiger partial charge in [-0.3, -0.25) is 4.79 Å². The zero-order valence-electron chi connectivity index (χ0n) is 13.2. The lowest BCUT2D eigenvalue weighted by atomic mass is 10.0. The monoisotopic (exact) mass is 333 g/mol. The van der Waals surface area contributed by atoms with E-state index in [-0.39, 0.29) is 23.7 Å². The number of carbonyl (C=O) groups excluding carboxylic acids is 1. The lowest BCUT2D eigenvalue weighted by Crippen LogP contribution is -2.32. The largest absolute Gasteiger partial charge is 0.396 e. The molecule has 5 nitrogen and oxygen atoms in total. The van der Waals surface area contributed by atoms with Gasteiger partial charge in [-0.05, 0) is 24.1 Å². The molecule has 0 saturated carbocycles. The van der Waals surface area contributed by atoms with Gasteiger partial charge >= 0.3 is 0 Å². The first-order valence-electron chi connectivity index (χ1n) is 7.35. The summed E-state index contributed by atoms with van der Waals surface area (Å²) in [6.45, 7) is -0.00392. The number of aliphatic hydroxyl groups excluding tert-OH is 1. The Kier molecular flexibility index (Phi) is 5.96. The molecule has 2 aromatic rings. The topological polar surface area (TPSA) is 65.5 Å². The van der Waals surface area contributed by atoms with Gasteiger partial charge in [0.05, 0.1) is 6.04 Å². The van der Waals surface area contributed by atoms with E-state index < -0.39 is 0 Å². The molecule has 1 unspecified atom stereocenters. The van der Waals surface area contributed by atoms with Crippen molar-refractivity contribution in [3.8, 4) is 0 Å². The lowest BCUT2D eigenvalue weighted by Gasteiger charge is -2.28. The molecule has 0 aliphatic heterocycles. The normalized spacial score (nSPS) is 11.8. The van der Waals surface area contributed by atoms with E-state index in [1.807, 2.05) is 30.3 Å². The average Bonchev–Trinajstić information content (AvgIpc) is 2.58. The third-order valence-corrected chi connectivity index (χ3v) is 3.87. The van der Waals surface area contributed by atoms with Crippen LogP contribution in [-0.4, -0.2) is 41.6 Å². The van der Waals surface area contributed by atoms with E-state index in [0.29, 0.717) is 17.8 Å². The fourth-order valence-electron chi connectivity index (χ4n) is 2.48. The Labute approximate surface area is 140 Å². The minimum absolute atomic E-state index is 0.00392. The summed E-state index contributed by atoms with van der Waals surface area (Å²) in [5, 5.41) is 12.5. The highest BCUT2D eigenvalue weighted by molar-refractivity contribution is 6.29. The number of carbonyl (C=O) groups is 1. The summed E-state index contributed by atoms with van der Waals surface area (Å²) in [6.07, 6.45) is 0.462. The van der Waals surface area contributed by atoms with E-state index in [0.717, 1.165) is 5.56 Å². The van der Waals surface area contributed by atoms with Crippen LogP contribution in [0.3, 0.4) is 0 Å². The molecule has 0 saturated heterocycles. The molecule has 2 N–H and O–H groups in total. The highest BCUT2D eigenvalue weighted by atomic mass is 35.5. The van der Waals surface area contributed by atoms with E-state index in [9.17, 15) is 9.90 Å². The van der Waals surface area contributed by atoms with Crippen LogP contribution in [0.15, 0.2) is 42.5 Å². The zero-order chi connectivity index (χ0) is 16.8. The first kappa shape index (κ1) is 17.2. The predicted molar refractivity (Wildman–Crippen MR) is 91.8 cm³/mol. The number of hydrogen-bond donors (Lipinski definition) is 2. The van der Waals surface area contributed by atoms with Gasteiger partial charge in [-0.1, -0.05) is 41.9 Å². The van der Waals surface area contributed by atoms with Gasteiger partial charge in [-0.25, -0.2) is 4.98 Å². The average molecular weight is 334 g/mol. The number of aromatic nitrogens is 1. The van der Waals surface area contributed by atoms with E-state index >= 15 is 0 Å². The molecule has 1 aromatic heterocycles. The number of pyridine rings is 1. The number of rotatable bonds is 6. The molecule has 1 aromatic carbocycles. The van der Waals surface area contributed by atoms with Crippen molar-refractivity contribution >= 4 is 23.3 Å². The van der Waals surface area contributed by atoms with Gasteiger partial charge in [0.25, 0.3) is 5.91 Å². The highest BCUT2D eigenvalue weighted by Crippen LogP contribution is 2.25. The highest BCUT2D eigenvalue weighted by Gasteiger charge is 2.23. The Morgan fingerprint density at radius 3 is 2.65 bits per heavy atom. The van der Waals surface area contributed by atoms with Crippen LogP contribution in [0.2, 0.25) is 5.15 Å². The smallest absolute Gasteiger partial charge is 0.254 e. The Balaban J connectivity index is 2.31. The molecule has 1 atom stereocenters. The Hall–Kier alpha value is -2.11. The van der Waals surface area contributed by atoms with Crippen molar-refractivity contribution in [2.45, 2.75) is 12.5 Å². The number of aliphatic hydroxyl groups is 1. The van der Waals surface area contributed by atoms with Crippen molar-refractivity contribution in [1.82, 2.24) is 9.88 Å². The van der Waals surface area contributed by atoms with Crippen LogP contribution >= 0.6 is 11.6 Å². The molecule has 0 fully saturated rings. The van der Waals surface area contributed by atoms with E-state index in [1.165, 1.54) is 0 Å². The number of nitrogens with zero attached hydrogens (tertiary/aromatic N) is 2. The second kappa shape index (κ2) is 7.94. The SMILES string of the molecule is CNc1cc(C(=O)N(C)C(CCO)c2ccccc2)cc(Cl)n1. The third kappa shape index (κ3) is 4.21. The van der Waals surface area contributed by atoms with Crippen LogP contribution < -0.4 is 5.32 Å². The number of nitrogens with one attached hydrogen (secondary N) is 1. The summed E-state index contributed by atoms with van der Waals surface area (Å²) < 4.78 is 0. The number of benzene rings is 1. The maximum Gasteiger partial charge on any atom is 0.254 e. The van der Waals surface area contributed by atoms with E-state index in [4.69, 9.17) is 11.6 Å². The van der Waals surface area contributed by atoms with E-state index in [2.05, 4.69) is 10.3 Å². The maximum atomic E-state index is 12.8. The second-order valence-electron chi connectivity index (χ2n) is 5.17. The van der Waals surface area contributed by atoms with Crippen molar-refractivity contribution in [2.24, 2.45) is 0 Å². The Morgan fingerprint density at radius 2 is 2.04 bits per heavy atom. The van der Waals surface area contributed by atoms with Crippen molar-refractivity contribution in [3.63, 3.8) is 0 Å². The molecular formula is C17H20ClN3O2. The summed E-state index contributed by atoms with van der Waals surface area (Å²) in [7, 11) is 3.44. The maximum absolute atomic E-state index is 12.8. The molecule has 6 heteroatoms. The molecule has 0 spiro atoms. The summed E-state index contributed by atoms with van der Waals surface area (Å²) in [5.74, 6) is 0.362. The van der Waals surface area contributed by atoms with Crippen LogP contribution in [0.4, 0.5) is 5.82 Å². The second-order valence-corrected chi connectivity index (χ2v) is 5.56. The molecule has 1 heterocycles. The molecule has 122 valence electrons. The predicted octanol–water partition coefficient (Wildman–Crippen LogP) is 2.97. The minimum Gasteiger partial charge on any atom is -0.396 e. The Morgan fingerprint density at radius 1 is 1.35 bits per heavy atom. The molecule has 0 aliphatic rings. The van der Waals surface area contributed by atoms with Gasteiger partial charge < -0.3 is 15.3 Å². The number of hydrogen-bond acceptors (Lipinski definition) is 4. The molecular weight excluding hydrogens is 314 g/mol. The number of anilines is 1. The fourth-order valence-corrected chi connectivity index (χ4v) is 2.68. The summed E-state index contributed by atoms with van der Waals surface area (Å²) in [6, 6.07) is 12.6. The number of halogens is 1. The van der Waals surface area contributed by atoms with Gasteiger partial charge in [0.2, 0.25) is 0 Å². The molecule has 0 bridgehead atoms.